The van der Waals surface area contributed by atoms with E-state index in [4.69, 9.17) is 0 Å². The maximum atomic E-state index is 10.5. The van der Waals surface area contributed by atoms with Crippen LogP contribution in [0.2, 0.25) is 0 Å². The number of benzene rings is 2. The van der Waals surface area contributed by atoms with Crippen LogP contribution in [0.3, 0.4) is 0 Å². The van der Waals surface area contributed by atoms with Crippen LogP contribution >= 0.6 is 22.6 Å². The Kier molecular flexibility index (Phi) is 4.31. The summed E-state index contributed by atoms with van der Waals surface area (Å²) in [6.07, 6.45) is -0.554. The van der Waals surface area contributed by atoms with Crippen molar-refractivity contribution in [3.05, 3.63) is 68.8 Å². The first kappa shape index (κ1) is 14.5. The maximum Gasteiger partial charge on any atom is 0.105 e. The Balaban J connectivity index is 2.31. The van der Waals surface area contributed by atoms with Crippen molar-refractivity contribution in [2.45, 2.75) is 32.3 Å². The molecule has 2 aromatic rings. The topological polar surface area (TPSA) is 20.2 Å². The van der Waals surface area contributed by atoms with Gasteiger partial charge in [-0.3, -0.25) is 0 Å². The molecule has 0 heterocycles. The van der Waals surface area contributed by atoms with Crippen molar-refractivity contribution < 1.29 is 5.11 Å². The number of aliphatic hydroxyl groups excluding tert-OH is 1. The molecule has 1 nitrogen and oxygen atoms in total. The van der Waals surface area contributed by atoms with Crippen molar-refractivity contribution in [1.82, 2.24) is 0 Å². The van der Waals surface area contributed by atoms with E-state index < -0.39 is 6.10 Å². The van der Waals surface area contributed by atoms with Gasteiger partial charge in [0, 0.05) is 3.57 Å². The van der Waals surface area contributed by atoms with Gasteiger partial charge in [0.05, 0.1) is 0 Å². The molecule has 0 aliphatic heterocycles. The highest BCUT2D eigenvalue weighted by molar-refractivity contribution is 14.1. The average molecular weight is 366 g/mol. The van der Waals surface area contributed by atoms with E-state index >= 15 is 0 Å². The highest BCUT2D eigenvalue weighted by Crippen LogP contribution is 2.28. The van der Waals surface area contributed by atoms with E-state index in [1.165, 1.54) is 5.56 Å². The minimum atomic E-state index is -0.554. The predicted molar refractivity (Wildman–Crippen MR) is 88.4 cm³/mol. The molecular weight excluding hydrogens is 347 g/mol. The fraction of sp³-hybridized carbons (Fsp3) is 0.294. The highest BCUT2D eigenvalue weighted by Gasteiger charge is 2.16. The Morgan fingerprint density at radius 1 is 0.947 bits per heavy atom. The summed E-state index contributed by atoms with van der Waals surface area (Å²) < 4.78 is 1.09. The van der Waals surface area contributed by atoms with E-state index in [0.29, 0.717) is 0 Å². The molecule has 0 amide bonds. The van der Waals surface area contributed by atoms with Crippen LogP contribution in [0, 0.1) is 3.57 Å². The minimum absolute atomic E-state index is 0.144. The lowest BCUT2D eigenvalue weighted by molar-refractivity contribution is 0.219. The zero-order valence-corrected chi connectivity index (χ0v) is 13.7. The van der Waals surface area contributed by atoms with Crippen molar-refractivity contribution in [2.75, 3.05) is 0 Å². The van der Waals surface area contributed by atoms with Gasteiger partial charge in [0.15, 0.2) is 0 Å². The number of aliphatic hydroxyl groups is 1. The van der Waals surface area contributed by atoms with Gasteiger partial charge >= 0.3 is 0 Å². The summed E-state index contributed by atoms with van der Waals surface area (Å²) in [5, 5.41) is 10.5. The summed E-state index contributed by atoms with van der Waals surface area (Å²) in [6.45, 7) is 6.58. The van der Waals surface area contributed by atoms with Crippen LogP contribution in [0.25, 0.3) is 0 Å². The number of hydrogen-bond acceptors (Lipinski definition) is 1. The van der Waals surface area contributed by atoms with Crippen molar-refractivity contribution in [3.63, 3.8) is 0 Å². The van der Waals surface area contributed by atoms with E-state index in [-0.39, 0.29) is 5.41 Å². The van der Waals surface area contributed by atoms with Crippen LogP contribution in [0.4, 0.5) is 0 Å². The smallest absolute Gasteiger partial charge is 0.105 e. The molecule has 1 unspecified atom stereocenters. The zero-order valence-electron chi connectivity index (χ0n) is 11.5. The largest absolute Gasteiger partial charge is 0.384 e. The Bertz CT molecular complexity index is 552. The van der Waals surface area contributed by atoms with Crippen molar-refractivity contribution in [1.29, 1.82) is 0 Å². The van der Waals surface area contributed by atoms with Crippen LogP contribution in [0.15, 0.2) is 48.5 Å². The molecule has 0 aliphatic carbocycles. The predicted octanol–water partition coefficient (Wildman–Crippen LogP) is 4.67. The van der Waals surface area contributed by atoms with Gasteiger partial charge in [-0.15, -0.1) is 0 Å². The Morgan fingerprint density at radius 2 is 1.53 bits per heavy atom. The van der Waals surface area contributed by atoms with E-state index in [1.807, 2.05) is 36.4 Å². The van der Waals surface area contributed by atoms with Gasteiger partial charge in [0.1, 0.15) is 6.10 Å². The normalized spacial score (nSPS) is 13.3. The lowest BCUT2D eigenvalue weighted by atomic mass is 9.86. The molecule has 1 N–H and O–H groups in total. The first-order chi connectivity index (χ1) is 8.89. The molecule has 0 aromatic heterocycles. The van der Waals surface area contributed by atoms with Crippen LogP contribution in [0.5, 0.6) is 0 Å². The second-order valence-electron chi connectivity index (χ2n) is 5.80. The second kappa shape index (κ2) is 5.63. The Morgan fingerprint density at radius 3 is 2.05 bits per heavy atom. The maximum absolute atomic E-state index is 10.5. The van der Waals surface area contributed by atoms with Crippen LogP contribution in [0.1, 0.15) is 43.6 Å². The molecule has 0 aliphatic rings. The molecular formula is C17H19IO. The van der Waals surface area contributed by atoms with E-state index in [1.54, 1.807) is 0 Å². The third-order valence-corrected chi connectivity index (χ3v) is 4.27. The lowest BCUT2D eigenvalue weighted by Gasteiger charge is -2.20. The van der Waals surface area contributed by atoms with Crippen LogP contribution < -0.4 is 0 Å². The molecule has 0 fully saturated rings. The molecule has 0 bridgehead atoms. The van der Waals surface area contributed by atoms with Crippen molar-refractivity contribution in [3.8, 4) is 0 Å². The van der Waals surface area contributed by atoms with Gasteiger partial charge < -0.3 is 5.11 Å². The van der Waals surface area contributed by atoms with Gasteiger partial charge in [-0.05, 0) is 50.8 Å². The molecule has 1 atom stereocenters. The SMILES string of the molecule is CC(C)(C)c1ccc(C(O)c2ccccc2I)cc1. The first-order valence-corrected chi connectivity index (χ1v) is 7.50. The van der Waals surface area contributed by atoms with Crippen LogP contribution in [-0.4, -0.2) is 5.11 Å². The standard InChI is InChI=1S/C17H19IO/c1-17(2,3)13-10-8-12(9-11-13)16(19)14-6-4-5-7-15(14)18/h4-11,16,19H,1-3H3. The van der Waals surface area contributed by atoms with Gasteiger partial charge in [0.2, 0.25) is 0 Å². The van der Waals surface area contributed by atoms with E-state index in [0.717, 1.165) is 14.7 Å². The first-order valence-electron chi connectivity index (χ1n) is 6.42. The fourth-order valence-electron chi connectivity index (χ4n) is 2.04. The molecule has 2 heteroatoms. The molecule has 100 valence electrons. The number of rotatable bonds is 2. The molecule has 0 radical (unpaired) electrons. The van der Waals surface area contributed by atoms with E-state index in [9.17, 15) is 5.11 Å². The highest BCUT2D eigenvalue weighted by atomic mass is 127. The van der Waals surface area contributed by atoms with Gasteiger partial charge in [-0.25, -0.2) is 0 Å². The molecule has 2 rings (SSSR count). The second-order valence-corrected chi connectivity index (χ2v) is 6.96. The third-order valence-electron chi connectivity index (χ3n) is 3.29. The summed E-state index contributed by atoms with van der Waals surface area (Å²) >= 11 is 2.26. The quantitative estimate of drug-likeness (QED) is 0.766. The number of hydrogen-bond donors (Lipinski definition) is 1. The van der Waals surface area contributed by atoms with Gasteiger partial charge in [-0.1, -0.05) is 63.2 Å². The lowest BCUT2D eigenvalue weighted by Crippen LogP contribution is -2.11. The molecule has 0 saturated carbocycles. The number of halogens is 1. The van der Waals surface area contributed by atoms with Crippen molar-refractivity contribution >= 4 is 22.6 Å². The average Bonchev–Trinajstić information content (AvgIpc) is 2.38. The van der Waals surface area contributed by atoms with Gasteiger partial charge in [-0.2, -0.15) is 0 Å². The summed E-state index contributed by atoms with van der Waals surface area (Å²) in [7, 11) is 0. The Hall–Kier alpha value is -0.870. The minimum Gasteiger partial charge on any atom is -0.384 e. The fourth-order valence-corrected chi connectivity index (χ4v) is 2.72. The summed E-state index contributed by atoms with van der Waals surface area (Å²) in [5.74, 6) is 0. The summed E-state index contributed by atoms with van der Waals surface area (Å²) in [6, 6.07) is 16.2. The molecule has 2 aromatic carbocycles. The summed E-state index contributed by atoms with van der Waals surface area (Å²) in [4.78, 5) is 0. The zero-order chi connectivity index (χ0) is 14.0. The van der Waals surface area contributed by atoms with Gasteiger partial charge in [0.25, 0.3) is 0 Å². The van der Waals surface area contributed by atoms with E-state index in [2.05, 4.69) is 55.5 Å². The molecule has 19 heavy (non-hydrogen) atoms. The van der Waals surface area contributed by atoms with Crippen molar-refractivity contribution in [2.24, 2.45) is 0 Å². The third kappa shape index (κ3) is 3.37. The Labute approximate surface area is 128 Å². The molecule has 0 saturated heterocycles. The van der Waals surface area contributed by atoms with Crippen LogP contribution in [-0.2, 0) is 5.41 Å². The summed E-state index contributed by atoms with van der Waals surface area (Å²) in [5.41, 5.74) is 3.33. The monoisotopic (exact) mass is 366 g/mol. The molecule has 0 spiro atoms.